The zero-order valence-electron chi connectivity index (χ0n) is 15.9. The standard InChI is InChI=1S/C20H16ClF3NO5P/c1-11-18(21)19(26)17(16(25-11)10-28-31-27)12-2-4-13(5-3-12)29-14-6-8-15(9-7-14)30-20(22,23)24/h2-9,27,31H,10H2,1H3,(H,25,26). The molecule has 0 radical (unpaired) electrons. The number of aromatic nitrogens is 1. The van der Waals surface area contributed by atoms with Crippen LogP contribution < -0.4 is 14.9 Å². The fraction of sp³-hybridized carbons (Fsp3) is 0.150. The lowest BCUT2D eigenvalue weighted by Crippen LogP contribution is -2.16. The quantitative estimate of drug-likeness (QED) is 0.429. The van der Waals surface area contributed by atoms with Crippen molar-refractivity contribution in [1.82, 2.24) is 4.98 Å². The molecule has 11 heteroatoms. The molecule has 0 fully saturated rings. The summed E-state index contributed by atoms with van der Waals surface area (Å²) in [6.07, 6.45) is -4.77. The van der Waals surface area contributed by atoms with E-state index in [-0.39, 0.29) is 22.8 Å². The summed E-state index contributed by atoms with van der Waals surface area (Å²) in [4.78, 5) is 24.6. The summed E-state index contributed by atoms with van der Waals surface area (Å²) in [7, 11) is -0.741. The molecule has 2 N–H and O–H groups in total. The first-order chi connectivity index (χ1) is 14.7. The maximum absolute atomic E-state index is 12.7. The number of ether oxygens (including phenoxy) is 2. The Hall–Kier alpha value is -2.58. The van der Waals surface area contributed by atoms with Gasteiger partial charge in [-0.3, -0.25) is 4.79 Å². The van der Waals surface area contributed by atoms with E-state index in [9.17, 15) is 18.0 Å². The van der Waals surface area contributed by atoms with Gasteiger partial charge >= 0.3 is 6.36 Å². The number of rotatable bonds is 7. The fourth-order valence-corrected chi connectivity index (χ4v) is 3.16. The molecule has 2 aromatic carbocycles. The molecule has 6 nitrogen and oxygen atoms in total. The second-order valence-electron chi connectivity index (χ2n) is 6.27. The van der Waals surface area contributed by atoms with Crippen LogP contribution in [-0.2, 0) is 11.1 Å². The molecule has 1 unspecified atom stereocenters. The summed E-state index contributed by atoms with van der Waals surface area (Å²) in [6.45, 7) is 1.64. The number of aryl methyl sites for hydroxylation is 1. The molecule has 0 amide bonds. The fourth-order valence-electron chi connectivity index (χ4n) is 2.81. The van der Waals surface area contributed by atoms with Gasteiger partial charge in [-0.05, 0) is 48.9 Å². The van der Waals surface area contributed by atoms with Crippen LogP contribution in [0.5, 0.6) is 17.2 Å². The number of halogens is 4. The Morgan fingerprint density at radius 1 is 1.03 bits per heavy atom. The average molecular weight is 474 g/mol. The van der Waals surface area contributed by atoms with E-state index in [4.69, 9.17) is 25.8 Å². The van der Waals surface area contributed by atoms with Gasteiger partial charge in [-0.15, -0.1) is 13.2 Å². The van der Waals surface area contributed by atoms with Crippen LogP contribution in [0.3, 0.4) is 0 Å². The minimum atomic E-state index is -4.77. The SMILES string of the molecule is Cc1[nH]c(COPO)c(-c2ccc(Oc3ccc(OC(F)(F)F)cc3)cc2)c(=O)c1Cl. The van der Waals surface area contributed by atoms with Crippen molar-refractivity contribution in [2.24, 2.45) is 0 Å². The van der Waals surface area contributed by atoms with Crippen molar-refractivity contribution in [1.29, 1.82) is 0 Å². The number of hydrogen-bond donors (Lipinski definition) is 2. The molecule has 0 aliphatic carbocycles. The lowest BCUT2D eigenvalue weighted by molar-refractivity contribution is -0.274. The van der Waals surface area contributed by atoms with Gasteiger partial charge in [-0.1, -0.05) is 23.7 Å². The molecule has 164 valence electrons. The van der Waals surface area contributed by atoms with E-state index in [2.05, 4.69) is 9.72 Å². The summed E-state index contributed by atoms with van der Waals surface area (Å²) in [5.74, 6) is 0.345. The topological polar surface area (TPSA) is 80.8 Å². The largest absolute Gasteiger partial charge is 0.573 e. The van der Waals surface area contributed by atoms with Crippen LogP contribution in [0.15, 0.2) is 53.3 Å². The number of benzene rings is 2. The van der Waals surface area contributed by atoms with Crippen molar-refractivity contribution in [2.75, 3.05) is 0 Å². The number of nitrogens with one attached hydrogen (secondary N) is 1. The first-order valence-corrected chi connectivity index (χ1v) is 9.97. The van der Waals surface area contributed by atoms with E-state index >= 15 is 0 Å². The zero-order chi connectivity index (χ0) is 22.6. The van der Waals surface area contributed by atoms with E-state index in [1.54, 1.807) is 31.2 Å². The van der Waals surface area contributed by atoms with Crippen molar-refractivity contribution in [3.63, 3.8) is 0 Å². The molecule has 0 saturated heterocycles. The molecule has 3 rings (SSSR count). The number of pyridine rings is 1. The highest BCUT2D eigenvalue weighted by Crippen LogP contribution is 2.30. The Kier molecular flexibility index (Phi) is 7.23. The van der Waals surface area contributed by atoms with Crippen LogP contribution in [0, 0.1) is 6.92 Å². The first-order valence-electron chi connectivity index (χ1n) is 8.74. The summed E-state index contributed by atoms with van der Waals surface area (Å²) in [6, 6.07) is 11.4. The molecule has 0 aliphatic heterocycles. The van der Waals surface area contributed by atoms with Gasteiger partial charge in [0, 0.05) is 5.69 Å². The van der Waals surface area contributed by atoms with Gasteiger partial charge in [0.05, 0.1) is 17.9 Å². The first kappa shape index (κ1) is 23.1. The number of hydrogen-bond acceptors (Lipinski definition) is 5. The van der Waals surface area contributed by atoms with Crippen LogP contribution in [0.25, 0.3) is 11.1 Å². The lowest BCUT2D eigenvalue weighted by Gasteiger charge is -2.13. The van der Waals surface area contributed by atoms with Crippen LogP contribution in [0.1, 0.15) is 11.4 Å². The number of H-pyrrole nitrogens is 1. The van der Waals surface area contributed by atoms with E-state index in [0.717, 1.165) is 12.1 Å². The molecule has 0 aliphatic rings. The second-order valence-corrected chi connectivity index (χ2v) is 7.12. The maximum atomic E-state index is 12.7. The summed E-state index contributed by atoms with van der Waals surface area (Å²) in [5, 5.41) is 0.0479. The summed E-state index contributed by atoms with van der Waals surface area (Å²) >= 11 is 6.09. The summed E-state index contributed by atoms with van der Waals surface area (Å²) in [5.41, 5.74) is 1.40. The predicted molar refractivity (Wildman–Crippen MR) is 111 cm³/mol. The van der Waals surface area contributed by atoms with Gasteiger partial charge in [0.25, 0.3) is 0 Å². The van der Waals surface area contributed by atoms with Crippen LogP contribution in [-0.4, -0.2) is 16.2 Å². The predicted octanol–water partition coefficient (Wildman–Crippen LogP) is 5.71. The Bertz CT molecular complexity index is 1100. The Balaban J connectivity index is 1.82. The van der Waals surface area contributed by atoms with Crippen LogP contribution in [0.4, 0.5) is 13.2 Å². The highest BCUT2D eigenvalue weighted by Gasteiger charge is 2.31. The van der Waals surface area contributed by atoms with Gasteiger partial charge in [0.15, 0.2) is 9.03 Å². The van der Waals surface area contributed by atoms with Crippen LogP contribution >= 0.6 is 20.6 Å². The Morgan fingerprint density at radius 2 is 1.58 bits per heavy atom. The average Bonchev–Trinajstić information content (AvgIpc) is 2.72. The molecule has 3 aromatic rings. The Morgan fingerprint density at radius 3 is 2.13 bits per heavy atom. The van der Waals surface area contributed by atoms with Crippen molar-refractivity contribution < 1.29 is 32.1 Å². The highest BCUT2D eigenvalue weighted by molar-refractivity contribution is 7.24. The van der Waals surface area contributed by atoms with E-state index in [1.807, 2.05) is 0 Å². The van der Waals surface area contributed by atoms with Crippen molar-refractivity contribution in [3.8, 4) is 28.4 Å². The molecule has 0 spiro atoms. The van der Waals surface area contributed by atoms with Gasteiger partial charge in [0.1, 0.15) is 22.3 Å². The minimum Gasteiger partial charge on any atom is -0.457 e. The molecule has 31 heavy (non-hydrogen) atoms. The van der Waals surface area contributed by atoms with Gasteiger partial charge < -0.3 is 23.9 Å². The number of aromatic amines is 1. The normalized spacial score (nSPS) is 11.8. The van der Waals surface area contributed by atoms with Crippen molar-refractivity contribution in [2.45, 2.75) is 19.9 Å². The van der Waals surface area contributed by atoms with Gasteiger partial charge in [-0.25, -0.2) is 0 Å². The van der Waals surface area contributed by atoms with Crippen molar-refractivity contribution >= 4 is 20.6 Å². The molecule has 0 bridgehead atoms. The molecular formula is C20H16ClF3NO5P. The van der Waals surface area contributed by atoms with Crippen LogP contribution in [0.2, 0.25) is 5.02 Å². The third kappa shape index (κ3) is 5.98. The lowest BCUT2D eigenvalue weighted by atomic mass is 10.0. The molecule has 1 atom stereocenters. The second kappa shape index (κ2) is 9.70. The molecular weight excluding hydrogens is 458 g/mol. The maximum Gasteiger partial charge on any atom is 0.573 e. The highest BCUT2D eigenvalue weighted by atomic mass is 35.5. The van der Waals surface area contributed by atoms with E-state index in [1.165, 1.54) is 12.1 Å². The Labute approximate surface area is 181 Å². The minimum absolute atomic E-state index is 0.0118. The number of alkyl halides is 3. The van der Waals surface area contributed by atoms with Gasteiger partial charge in [-0.2, -0.15) is 0 Å². The van der Waals surface area contributed by atoms with E-state index in [0.29, 0.717) is 34.0 Å². The zero-order valence-corrected chi connectivity index (χ0v) is 17.7. The van der Waals surface area contributed by atoms with Crippen molar-refractivity contribution in [3.05, 3.63) is 75.2 Å². The third-order valence-corrected chi connectivity index (χ3v) is 4.84. The monoisotopic (exact) mass is 473 g/mol. The smallest absolute Gasteiger partial charge is 0.457 e. The summed E-state index contributed by atoms with van der Waals surface area (Å²) < 4.78 is 51.2. The molecule has 0 saturated carbocycles. The molecule has 1 heterocycles. The van der Waals surface area contributed by atoms with E-state index < -0.39 is 15.4 Å². The van der Waals surface area contributed by atoms with Gasteiger partial charge in [0.2, 0.25) is 5.43 Å². The molecule has 1 aromatic heterocycles. The third-order valence-electron chi connectivity index (χ3n) is 4.11.